The number of ether oxygens (including phenoxy) is 1. The molecule has 0 heterocycles. The highest BCUT2D eigenvalue weighted by Gasteiger charge is 2.26. The molecule has 0 radical (unpaired) electrons. The summed E-state index contributed by atoms with van der Waals surface area (Å²) in [6.07, 6.45) is 2.08. The van der Waals surface area contributed by atoms with E-state index in [4.69, 9.17) is 4.74 Å². The molecule has 0 aromatic heterocycles. The van der Waals surface area contributed by atoms with E-state index in [2.05, 4.69) is 17.1 Å². The molecule has 1 atom stereocenters. The molecule has 1 aliphatic carbocycles. The molecule has 1 aromatic carbocycles. The Balaban J connectivity index is 1.54. The van der Waals surface area contributed by atoms with Gasteiger partial charge in [0.2, 0.25) is 0 Å². The van der Waals surface area contributed by atoms with Gasteiger partial charge in [-0.2, -0.15) is 0 Å². The minimum absolute atomic E-state index is 0.207. The summed E-state index contributed by atoms with van der Waals surface area (Å²) >= 11 is 0. The van der Waals surface area contributed by atoms with Gasteiger partial charge >= 0.3 is 0 Å². The lowest BCUT2D eigenvalue weighted by Crippen LogP contribution is -2.38. The highest BCUT2D eigenvalue weighted by molar-refractivity contribution is 5.22. The maximum Gasteiger partial charge on any atom is 0.123 e. The van der Waals surface area contributed by atoms with Crippen molar-refractivity contribution in [3.05, 3.63) is 30.1 Å². The number of aliphatic hydroxyl groups is 1. The Labute approximate surface area is 125 Å². The number of rotatable bonds is 10. The van der Waals surface area contributed by atoms with Gasteiger partial charge in [0.1, 0.15) is 24.3 Å². The van der Waals surface area contributed by atoms with Gasteiger partial charge in [0, 0.05) is 25.7 Å². The normalized spacial score (nSPS) is 16.2. The first-order valence-corrected chi connectivity index (χ1v) is 7.70. The van der Waals surface area contributed by atoms with Crippen molar-refractivity contribution in [2.75, 3.05) is 32.8 Å². The molecule has 1 unspecified atom stereocenters. The predicted molar refractivity (Wildman–Crippen MR) is 81.0 cm³/mol. The molecular weight excluding hydrogens is 271 g/mol. The molecule has 0 spiro atoms. The van der Waals surface area contributed by atoms with Gasteiger partial charge < -0.3 is 15.2 Å². The number of nitrogens with one attached hydrogen (secondary N) is 1. The van der Waals surface area contributed by atoms with Crippen LogP contribution < -0.4 is 10.1 Å². The maximum atomic E-state index is 12.7. The third kappa shape index (κ3) is 5.99. The summed E-state index contributed by atoms with van der Waals surface area (Å²) in [7, 11) is 0. The first-order valence-electron chi connectivity index (χ1n) is 7.70. The Morgan fingerprint density at radius 2 is 2.10 bits per heavy atom. The smallest absolute Gasteiger partial charge is 0.123 e. The molecule has 1 aromatic rings. The fraction of sp³-hybridized carbons (Fsp3) is 0.625. The minimum atomic E-state index is -0.564. The number of benzene rings is 1. The Hall–Kier alpha value is -1.17. The molecule has 2 N–H and O–H groups in total. The summed E-state index contributed by atoms with van der Waals surface area (Å²) in [4.78, 5) is 2.47. The SMILES string of the molecule is CCN(CCNCC(O)COc1ccc(F)cc1)C1CC1. The van der Waals surface area contributed by atoms with E-state index in [9.17, 15) is 9.50 Å². The molecule has 0 bridgehead atoms. The third-order valence-electron chi connectivity index (χ3n) is 3.68. The van der Waals surface area contributed by atoms with Crippen LogP contribution in [0, 0.1) is 5.82 Å². The second-order valence-electron chi connectivity index (χ2n) is 5.48. The second-order valence-corrected chi connectivity index (χ2v) is 5.48. The number of nitrogens with zero attached hydrogens (tertiary/aromatic N) is 1. The Morgan fingerprint density at radius 3 is 2.71 bits per heavy atom. The molecule has 1 saturated carbocycles. The van der Waals surface area contributed by atoms with E-state index in [1.165, 1.54) is 25.0 Å². The van der Waals surface area contributed by atoms with Crippen LogP contribution in [-0.2, 0) is 0 Å². The van der Waals surface area contributed by atoms with E-state index in [1.807, 2.05) is 0 Å². The van der Waals surface area contributed by atoms with Crippen LogP contribution in [0.3, 0.4) is 0 Å². The molecule has 5 heteroatoms. The molecule has 2 rings (SSSR count). The zero-order valence-corrected chi connectivity index (χ0v) is 12.6. The predicted octanol–water partition coefficient (Wildman–Crippen LogP) is 1.64. The summed E-state index contributed by atoms with van der Waals surface area (Å²) in [5, 5.41) is 13.1. The molecule has 118 valence electrons. The number of aliphatic hydroxyl groups excluding tert-OH is 1. The average molecular weight is 296 g/mol. The van der Waals surface area contributed by atoms with Crippen LogP contribution >= 0.6 is 0 Å². The van der Waals surface area contributed by atoms with Crippen molar-refractivity contribution >= 4 is 0 Å². The van der Waals surface area contributed by atoms with Gasteiger partial charge in [0.05, 0.1) is 0 Å². The number of halogens is 1. The van der Waals surface area contributed by atoms with Crippen LogP contribution in [-0.4, -0.2) is 54.9 Å². The molecule has 1 aliphatic rings. The number of likely N-dealkylation sites (N-methyl/N-ethyl adjacent to an activating group) is 1. The zero-order chi connectivity index (χ0) is 15.1. The van der Waals surface area contributed by atoms with Crippen LogP contribution in [0.15, 0.2) is 24.3 Å². The largest absolute Gasteiger partial charge is 0.491 e. The van der Waals surface area contributed by atoms with E-state index in [1.54, 1.807) is 12.1 Å². The number of hydrogen-bond acceptors (Lipinski definition) is 4. The molecule has 1 fully saturated rings. The van der Waals surface area contributed by atoms with Crippen molar-refractivity contribution in [1.29, 1.82) is 0 Å². The van der Waals surface area contributed by atoms with Crippen molar-refractivity contribution in [2.24, 2.45) is 0 Å². The maximum absolute atomic E-state index is 12.7. The topological polar surface area (TPSA) is 44.7 Å². The third-order valence-corrected chi connectivity index (χ3v) is 3.68. The average Bonchev–Trinajstić information content (AvgIpc) is 3.31. The van der Waals surface area contributed by atoms with E-state index in [0.717, 1.165) is 25.7 Å². The van der Waals surface area contributed by atoms with E-state index < -0.39 is 6.10 Å². The van der Waals surface area contributed by atoms with Crippen molar-refractivity contribution in [3.63, 3.8) is 0 Å². The summed E-state index contributed by atoms with van der Waals surface area (Å²) in [6, 6.07) is 6.59. The minimum Gasteiger partial charge on any atom is -0.491 e. The van der Waals surface area contributed by atoms with Gasteiger partial charge in [-0.3, -0.25) is 4.90 Å². The molecule has 0 aliphatic heterocycles. The zero-order valence-electron chi connectivity index (χ0n) is 12.6. The Morgan fingerprint density at radius 1 is 1.38 bits per heavy atom. The molecule has 21 heavy (non-hydrogen) atoms. The van der Waals surface area contributed by atoms with Crippen LogP contribution in [0.2, 0.25) is 0 Å². The first-order chi connectivity index (χ1) is 10.2. The standard InChI is InChI=1S/C16H25FN2O2/c1-2-19(14-5-6-14)10-9-18-11-15(20)12-21-16-7-3-13(17)4-8-16/h3-4,7-8,14-15,18,20H,2,5-6,9-12H2,1H3. The Bertz CT molecular complexity index is 409. The van der Waals surface area contributed by atoms with Gasteiger partial charge in [-0.05, 0) is 43.7 Å². The highest BCUT2D eigenvalue weighted by Crippen LogP contribution is 2.25. The highest BCUT2D eigenvalue weighted by atomic mass is 19.1. The van der Waals surface area contributed by atoms with E-state index >= 15 is 0 Å². The molecule has 0 amide bonds. The monoisotopic (exact) mass is 296 g/mol. The summed E-state index contributed by atoms with van der Waals surface area (Å²) in [5.74, 6) is 0.280. The van der Waals surface area contributed by atoms with Crippen molar-refractivity contribution < 1.29 is 14.2 Å². The first kappa shape index (κ1) is 16.2. The molecular formula is C16H25FN2O2. The summed E-state index contributed by atoms with van der Waals surface area (Å²) < 4.78 is 18.1. The van der Waals surface area contributed by atoms with Gasteiger partial charge in [-0.1, -0.05) is 6.92 Å². The van der Waals surface area contributed by atoms with E-state index in [-0.39, 0.29) is 12.4 Å². The lowest BCUT2D eigenvalue weighted by Gasteiger charge is -2.20. The second kappa shape index (κ2) is 8.32. The molecule has 0 saturated heterocycles. The fourth-order valence-corrected chi connectivity index (χ4v) is 2.31. The summed E-state index contributed by atoms with van der Waals surface area (Å²) in [5.41, 5.74) is 0. The van der Waals surface area contributed by atoms with Crippen molar-refractivity contribution in [1.82, 2.24) is 10.2 Å². The van der Waals surface area contributed by atoms with Crippen LogP contribution in [0.25, 0.3) is 0 Å². The van der Waals surface area contributed by atoms with Crippen LogP contribution in [0.5, 0.6) is 5.75 Å². The Kier molecular flexibility index (Phi) is 6.42. The van der Waals surface area contributed by atoms with Crippen molar-refractivity contribution in [3.8, 4) is 5.75 Å². The van der Waals surface area contributed by atoms with Crippen molar-refractivity contribution in [2.45, 2.75) is 31.9 Å². The van der Waals surface area contributed by atoms with Gasteiger partial charge in [0.15, 0.2) is 0 Å². The quantitative estimate of drug-likeness (QED) is 0.644. The lowest BCUT2D eigenvalue weighted by molar-refractivity contribution is 0.105. The molecule has 4 nitrogen and oxygen atoms in total. The van der Waals surface area contributed by atoms with Crippen LogP contribution in [0.4, 0.5) is 4.39 Å². The van der Waals surface area contributed by atoms with Crippen LogP contribution in [0.1, 0.15) is 19.8 Å². The van der Waals surface area contributed by atoms with Gasteiger partial charge in [0.25, 0.3) is 0 Å². The van der Waals surface area contributed by atoms with Gasteiger partial charge in [-0.25, -0.2) is 4.39 Å². The number of hydrogen-bond donors (Lipinski definition) is 2. The fourth-order valence-electron chi connectivity index (χ4n) is 2.31. The van der Waals surface area contributed by atoms with Gasteiger partial charge in [-0.15, -0.1) is 0 Å². The summed E-state index contributed by atoms with van der Waals surface area (Å²) in [6.45, 7) is 5.87. The van der Waals surface area contributed by atoms with E-state index in [0.29, 0.717) is 12.3 Å². The lowest BCUT2D eigenvalue weighted by atomic mass is 10.3.